The van der Waals surface area contributed by atoms with Crippen LogP contribution in [0, 0.1) is 0 Å². The van der Waals surface area contributed by atoms with Gasteiger partial charge in [-0.05, 0) is 24.3 Å². The number of aromatic nitrogens is 3. The molecule has 1 aromatic carbocycles. The van der Waals surface area contributed by atoms with Gasteiger partial charge in [0.15, 0.2) is 0 Å². The standard InChI is InChI=1S/C10H7N3O4.Co/c14-9(15)6-1-3-7(4-2-6)10(16)17-8-5-11-13-12-8;/h1-5H,(H,14,15)(H,11,12,13);. The number of nitrogens with one attached hydrogen (secondary N) is 1. The van der Waals surface area contributed by atoms with Crippen molar-refractivity contribution in [3.8, 4) is 5.88 Å². The van der Waals surface area contributed by atoms with Crippen molar-refractivity contribution < 1.29 is 36.2 Å². The zero-order valence-corrected chi connectivity index (χ0v) is 9.83. The number of nitrogens with zero attached hydrogens (tertiary/aromatic N) is 2. The molecule has 0 fully saturated rings. The molecular weight excluding hydrogens is 285 g/mol. The molecule has 0 saturated heterocycles. The number of H-pyrrole nitrogens is 1. The molecule has 18 heavy (non-hydrogen) atoms. The molecule has 0 atom stereocenters. The van der Waals surface area contributed by atoms with Gasteiger partial charge in [0, 0.05) is 16.8 Å². The summed E-state index contributed by atoms with van der Waals surface area (Å²) >= 11 is 0. The fourth-order valence-corrected chi connectivity index (χ4v) is 1.14. The van der Waals surface area contributed by atoms with E-state index in [9.17, 15) is 9.59 Å². The zero-order valence-electron chi connectivity index (χ0n) is 8.79. The molecule has 2 aromatic rings. The maximum absolute atomic E-state index is 11.5. The van der Waals surface area contributed by atoms with Crippen LogP contribution in [0.2, 0.25) is 0 Å². The fraction of sp³-hybridized carbons (Fsp3) is 0. The van der Waals surface area contributed by atoms with E-state index >= 15 is 0 Å². The van der Waals surface area contributed by atoms with Gasteiger partial charge < -0.3 is 9.84 Å². The zero-order chi connectivity index (χ0) is 12.3. The minimum atomic E-state index is -1.05. The van der Waals surface area contributed by atoms with Gasteiger partial charge in [-0.1, -0.05) is 0 Å². The maximum atomic E-state index is 11.5. The van der Waals surface area contributed by atoms with E-state index in [0.717, 1.165) is 0 Å². The van der Waals surface area contributed by atoms with E-state index in [2.05, 4.69) is 15.4 Å². The molecule has 8 heteroatoms. The quantitative estimate of drug-likeness (QED) is 0.807. The van der Waals surface area contributed by atoms with Crippen molar-refractivity contribution in [1.29, 1.82) is 0 Å². The van der Waals surface area contributed by atoms with Gasteiger partial charge in [-0.25, -0.2) is 9.59 Å². The van der Waals surface area contributed by atoms with Gasteiger partial charge in [-0.2, -0.15) is 10.3 Å². The van der Waals surface area contributed by atoms with Crippen LogP contribution in [0.5, 0.6) is 5.88 Å². The van der Waals surface area contributed by atoms with Gasteiger partial charge >= 0.3 is 11.9 Å². The van der Waals surface area contributed by atoms with Crippen molar-refractivity contribution in [2.45, 2.75) is 0 Å². The third-order valence-electron chi connectivity index (χ3n) is 1.96. The molecule has 0 bridgehead atoms. The number of carboxylic acid groups (broad SMARTS) is 1. The monoisotopic (exact) mass is 292 g/mol. The summed E-state index contributed by atoms with van der Waals surface area (Å²) in [5.74, 6) is -1.63. The Balaban J connectivity index is 0.00000162. The summed E-state index contributed by atoms with van der Waals surface area (Å²) in [4.78, 5) is 22.1. The van der Waals surface area contributed by atoms with Gasteiger partial charge in [0.2, 0.25) is 0 Å². The van der Waals surface area contributed by atoms with Gasteiger partial charge in [0.1, 0.15) is 6.20 Å². The molecular formula is C10H7CoN3O4. The number of rotatable bonds is 3. The molecule has 0 spiro atoms. The predicted molar refractivity (Wildman–Crippen MR) is 54.7 cm³/mol. The third-order valence-corrected chi connectivity index (χ3v) is 1.96. The smallest absolute Gasteiger partial charge is 0.344 e. The molecule has 0 unspecified atom stereocenters. The Kier molecular flexibility index (Phi) is 4.57. The van der Waals surface area contributed by atoms with Crippen molar-refractivity contribution in [2.75, 3.05) is 0 Å². The number of carbonyl (C=O) groups is 2. The first kappa shape index (κ1) is 13.9. The number of ether oxygens (including phenoxy) is 1. The Hall–Kier alpha value is -2.19. The Bertz CT molecular complexity index is 539. The van der Waals surface area contributed by atoms with Crippen LogP contribution in [0.15, 0.2) is 30.5 Å². The molecule has 0 aliphatic heterocycles. The van der Waals surface area contributed by atoms with E-state index in [-0.39, 0.29) is 33.8 Å². The molecule has 2 rings (SSSR count). The van der Waals surface area contributed by atoms with Crippen LogP contribution in [0.4, 0.5) is 0 Å². The van der Waals surface area contributed by atoms with Crippen LogP contribution in [0.1, 0.15) is 20.7 Å². The van der Waals surface area contributed by atoms with Gasteiger partial charge in [-0.15, -0.1) is 5.10 Å². The Morgan fingerprint density at radius 2 is 1.78 bits per heavy atom. The first-order valence-electron chi connectivity index (χ1n) is 4.58. The molecule has 0 saturated carbocycles. The normalized spacial score (nSPS) is 9.33. The number of aromatic carboxylic acids is 1. The average molecular weight is 292 g/mol. The van der Waals surface area contributed by atoms with E-state index < -0.39 is 11.9 Å². The molecule has 0 amide bonds. The predicted octanol–water partition coefficient (Wildman–Crippen LogP) is 0.720. The molecule has 0 aliphatic carbocycles. The molecule has 1 aromatic heterocycles. The Labute approximate surface area is 111 Å². The maximum Gasteiger partial charge on any atom is 0.344 e. The second kappa shape index (κ2) is 5.94. The minimum Gasteiger partial charge on any atom is -0.478 e. The molecule has 7 nitrogen and oxygen atoms in total. The van der Waals surface area contributed by atoms with Gasteiger partial charge in [-0.3, -0.25) is 0 Å². The number of aromatic amines is 1. The summed E-state index contributed by atoms with van der Waals surface area (Å²) < 4.78 is 4.85. The van der Waals surface area contributed by atoms with Crippen molar-refractivity contribution >= 4 is 11.9 Å². The van der Waals surface area contributed by atoms with Crippen LogP contribution in [0.3, 0.4) is 0 Å². The number of hydrogen-bond donors (Lipinski definition) is 2. The number of esters is 1. The topological polar surface area (TPSA) is 105 Å². The summed E-state index contributed by atoms with van der Waals surface area (Å²) in [5.41, 5.74) is 0.334. The molecule has 1 heterocycles. The molecule has 95 valence electrons. The van der Waals surface area contributed by atoms with Crippen LogP contribution in [-0.2, 0) is 16.8 Å². The Morgan fingerprint density at radius 1 is 1.17 bits per heavy atom. The minimum absolute atomic E-state index is 0. The summed E-state index contributed by atoms with van der Waals surface area (Å²) in [6.45, 7) is 0. The van der Waals surface area contributed by atoms with Gasteiger partial charge in [0.05, 0.1) is 11.1 Å². The second-order valence-electron chi connectivity index (χ2n) is 3.08. The summed E-state index contributed by atoms with van der Waals surface area (Å²) in [5, 5.41) is 18.0. The number of carbonyl (C=O) groups excluding carboxylic acids is 1. The van der Waals surface area contributed by atoms with Gasteiger partial charge in [0.25, 0.3) is 5.88 Å². The average Bonchev–Trinajstić information content (AvgIpc) is 2.82. The molecule has 2 N–H and O–H groups in total. The first-order chi connectivity index (χ1) is 8.16. The van der Waals surface area contributed by atoms with E-state index in [0.29, 0.717) is 0 Å². The second-order valence-corrected chi connectivity index (χ2v) is 3.08. The van der Waals surface area contributed by atoms with E-state index in [1.54, 1.807) is 0 Å². The van der Waals surface area contributed by atoms with Crippen molar-refractivity contribution in [3.63, 3.8) is 0 Å². The van der Waals surface area contributed by atoms with Crippen molar-refractivity contribution in [2.24, 2.45) is 0 Å². The SMILES string of the molecule is O=C(O)c1ccc(C(=O)Oc2cn[nH]n2)cc1.[Co]. The molecule has 1 radical (unpaired) electrons. The first-order valence-corrected chi connectivity index (χ1v) is 4.58. The van der Waals surface area contributed by atoms with Crippen LogP contribution in [0.25, 0.3) is 0 Å². The summed E-state index contributed by atoms with van der Waals surface area (Å²) in [6, 6.07) is 5.38. The summed E-state index contributed by atoms with van der Waals surface area (Å²) in [7, 11) is 0. The van der Waals surface area contributed by atoms with E-state index in [1.807, 2.05) is 0 Å². The molecule has 0 aliphatic rings. The number of benzene rings is 1. The Morgan fingerprint density at radius 3 is 2.28 bits per heavy atom. The fourth-order valence-electron chi connectivity index (χ4n) is 1.14. The van der Waals surface area contributed by atoms with E-state index in [1.165, 1.54) is 30.5 Å². The number of carboxylic acids is 1. The van der Waals surface area contributed by atoms with E-state index in [4.69, 9.17) is 9.84 Å². The van der Waals surface area contributed by atoms with Crippen molar-refractivity contribution in [1.82, 2.24) is 15.4 Å². The summed E-state index contributed by atoms with van der Waals surface area (Å²) in [6.07, 6.45) is 1.25. The van der Waals surface area contributed by atoms with Crippen LogP contribution < -0.4 is 4.74 Å². The third kappa shape index (κ3) is 3.15. The van der Waals surface area contributed by atoms with Crippen LogP contribution >= 0.6 is 0 Å². The largest absolute Gasteiger partial charge is 0.478 e. The van der Waals surface area contributed by atoms with Crippen molar-refractivity contribution in [3.05, 3.63) is 41.6 Å². The van der Waals surface area contributed by atoms with Crippen LogP contribution in [-0.4, -0.2) is 32.5 Å². The number of hydrogen-bond acceptors (Lipinski definition) is 5.